The molecule has 0 radical (unpaired) electrons. The third kappa shape index (κ3) is 3.64. The van der Waals surface area contributed by atoms with Gasteiger partial charge in [-0.2, -0.15) is 0 Å². The maximum atomic E-state index is 9.98. The monoisotopic (exact) mass is 140 g/mol. The maximum Gasteiger partial charge on any atom is 0.512 e. The van der Waals surface area contributed by atoms with E-state index in [0.29, 0.717) is 0 Å². The highest BCUT2D eigenvalue weighted by molar-refractivity contribution is 7.33. The lowest BCUT2D eigenvalue weighted by atomic mass is 11.5. The second kappa shape index (κ2) is 3.46. The van der Waals surface area contributed by atoms with Crippen LogP contribution in [0.25, 0.3) is 0 Å². The molecule has 0 aromatic carbocycles. The lowest BCUT2D eigenvalue weighted by Crippen LogP contribution is -1.91. The molecule has 0 bridgehead atoms. The fraction of sp³-hybridized carbons (Fsp3) is 0.500. The van der Waals surface area contributed by atoms with Crippen molar-refractivity contribution in [2.45, 2.75) is 0 Å². The van der Waals surface area contributed by atoms with Crippen molar-refractivity contribution in [1.29, 1.82) is 0 Å². The molecule has 0 saturated carbocycles. The smallest absolute Gasteiger partial charge is 0.449 e. The van der Waals surface area contributed by atoms with Crippen LogP contribution in [-0.4, -0.2) is 18.4 Å². The summed E-state index contributed by atoms with van der Waals surface area (Å²) in [5, 5.41) is 7.74. The molecule has 48 valence electrons. The predicted octanol–water partition coefficient (Wildman–Crippen LogP) is 0.717. The van der Waals surface area contributed by atoms with Crippen LogP contribution in [0.4, 0.5) is 4.79 Å². The summed E-state index contributed by atoms with van der Waals surface area (Å²) in [6.07, 6.45) is -1.59. The minimum Gasteiger partial charge on any atom is -0.449 e. The Hall–Kier alpha value is -0.540. The summed E-state index contributed by atoms with van der Waals surface area (Å²) in [6, 6.07) is 0. The Bertz CT molecular complexity index is 109. The highest BCUT2D eigenvalue weighted by Crippen LogP contribution is 2.20. The molecule has 0 amide bonds. The van der Waals surface area contributed by atoms with Crippen LogP contribution in [0.1, 0.15) is 0 Å². The van der Waals surface area contributed by atoms with Crippen molar-refractivity contribution in [3.63, 3.8) is 0 Å². The Balaban J connectivity index is 3.40. The Labute approximate surface area is 46.2 Å². The van der Waals surface area contributed by atoms with Crippen molar-refractivity contribution in [2.24, 2.45) is 0 Å². The van der Waals surface area contributed by atoms with Gasteiger partial charge in [-0.3, -0.25) is 0 Å². The molecule has 0 fully saturated rings. The summed E-state index contributed by atoms with van der Waals surface area (Å²) in [4.78, 5) is 9.49. The molecule has 0 saturated heterocycles. The third-order valence-electron chi connectivity index (χ3n) is 0.337. The maximum absolute atomic E-state index is 9.98. The van der Waals surface area contributed by atoms with E-state index in [4.69, 9.17) is 5.11 Å². The Morgan fingerprint density at radius 2 is 2.25 bits per heavy atom. The van der Waals surface area contributed by atoms with Gasteiger partial charge in [-0.05, 0) is 0 Å². The summed E-state index contributed by atoms with van der Waals surface area (Å²) in [6.45, 7) is 0. The summed E-state index contributed by atoms with van der Waals surface area (Å²) in [5.41, 5.74) is 0. The molecule has 0 aliphatic rings. The molecule has 1 unspecified atom stereocenters. The Morgan fingerprint density at radius 1 is 1.75 bits per heavy atom. The number of rotatable bonds is 2. The first-order chi connectivity index (χ1) is 3.66. The quantitative estimate of drug-likeness (QED) is 0.572. The zero-order valence-electron chi connectivity index (χ0n) is 4.08. The first-order valence-electron chi connectivity index (χ1n) is 1.65. The van der Waals surface area contributed by atoms with Gasteiger partial charge in [0.05, 0.1) is 0 Å². The third-order valence-corrected chi connectivity index (χ3v) is 1.01. The molecule has 0 aliphatic carbocycles. The number of carboxylic acid groups (broad SMARTS) is 1. The predicted molar refractivity (Wildman–Crippen MR) is 25.1 cm³/mol. The van der Waals surface area contributed by atoms with Crippen LogP contribution in [0.3, 0.4) is 0 Å². The lowest BCUT2D eigenvalue weighted by molar-refractivity contribution is 0.140. The first-order valence-corrected chi connectivity index (χ1v) is 2.88. The van der Waals surface area contributed by atoms with Crippen LogP contribution in [0.5, 0.6) is 0 Å². The molecule has 0 aromatic rings. The van der Waals surface area contributed by atoms with Crippen molar-refractivity contribution in [1.82, 2.24) is 0 Å². The highest BCUT2D eigenvalue weighted by Gasteiger charge is 2.00. The van der Waals surface area contributed by atoms with Gasteiger partial charge in [-0.15, -0.1) is 0 Å². The van der Waals surface area contributed by atoms with Crippen molar-refractivity contribution in [3.8, 4) is 0 Å². The fourth-order valence-electron chi connectivity index (χ4n) is 0.113. The number of hydrogen-bond acceptors (Lipinski definition) is 4. The molecule has 1 atom stereocenters. The lowest BCUT2D eigenvalue weighted by Gasteiger charge is -1.93. The minimum atomic E-state index is -2.78. The van der Waals surface area contributed by atoms with Gasteiger partial charge in [0.2, 0.25) is 0 Å². The van der Waals surface area contributed by atoms with Crippen LogP contribution in [-0.2, 0) is 13.6 Å². The van der Waals surface area contributed by atoms with E-state index in [2.05, 4.69) is 9.05 Å². The normalized spacial score (nSPS) is 12.6. The zero-order valence-corrected chi connectivity index (χ0v) is 5.08. The van der Waals surface area contributed by atoms with Crippen LogP contribution in [0, 0.1) is 0 Å². The van der Waals surface area contributed by atoms with E-state index in [9.17, 15) is 9.36 Å². The Morgan fingerprint density at radius 3 is 2.38 bits per heavy atom. The topological polar surface area (TPSA) is 72.8 Å². The van der Waals surface area contributed by atoms with Crippen LogP contribution in [0.15, 0.2) is 0 Å². The average molecular weight is 140 g/mol. The SMILES string of the molecule is CO[PH](=O)OC(=O)O. The fourth-order valence-corrected chi connectivity index (χ4v) is 0.339. The standard InChI is InChI=1S/C2H5O5P/c1-6-8(5)7-2(3)4/h8H,1H3,(H,3,4). The summed E-state index contributed by atoms with van der Waals surface area (Å²) in [5.74, 6) is 0. The summed E-state index contributed by atoms with van der Waals surface area (Å²) < 4.78 is 17.6. The summed E-state index contributed by atoms with van der Waals surface area (Å²) >= 11 is 0. The van der Waals surface area contributed by atoms with Gasteiger partial charge in [0, 0.05) is 7.11 Å². The second-order valence-electron chi connectivity index (χ2n) is 0.822. The molecular formula is C2H5O5P. The van der Waals surface area contributed by atoms with E-state index >= 15 is 0 Å². The van der Waals surface area contributed by atoms with E-state index in [1.165, 1.54) is 0 Å². The van der Waals surface area contributed by atoms with Crippen molar-refractivity contribution in [3.05, 3.63) is 0 Å². The van der Waals surface area contributed by atoms with Gasteiger partial charge in [0.25, 0.3) is 0 Å². The number of hydrogen-bond donors (Lipinski definition) is 1. The molecule has 6 heteroatoms. The van der Waals surface area contributed by atoms with Crippen molar-refractivity contribution < 1.29 is 23.5 Å². The molecule has 0 aromatic heterocycles. The minimum absolute atomic E-state index is 1.10. The second-order valence-corrected chi connectivity index (χ2v) is 1.93. The molecule has 5 nitrogen and oxygen atoms in total. The molecule has 8 heavy (non-hydrogen) atoms. The van der Waals surface area contributed by atoms with Crippen LogP contribution >= 0.6 is 8.25 Å². The molecule has 0 heterocycles. The molecule has 0 aliphatic heterocycles. The zero-order chi connectivity index (χ0) is 6.57. The first kappa shape index (κ1) is 7.46. The van der Waals surface area contributed by atoms with E-state index in [1.54, 1.807) is 0 Å². The molecule has 0 rings (SSSR count). The molecule has 1 N–H and O–H groups in total. The molecular weight excluding hydrogens is 135 g/mol. The highest BCUT2D eigenvalue weighted by atomic mass is 31.1. The van der Waals surface area contributed by atoms with Gasteiger partial charge in [-0.1, -0.05) is 0 Å². The van der Waals surface area contributed by atoms with E-state index in [0.717, 1.165) is 7.11 Å². The van der Waals surface area contributed by atoms with Gasteiger partial charge >= 0.3 is 14.4 Å². The van der Waals surface area contributed by atoms with Crippen LogP contribution < -0.4 is 0 Å². The van der Waals surface area contributed by atoms with Gasteiger partial charge in [-0.25, -0.2) is 9.36 Å². The van der Waals surface area contributed by atoms with Crippen molar-refractivity contribution in [2.75, 3.05) is 7.11 Å². The van der Waals surface area contributed by atoms with Gasteiger partial charge in [0.1, 0.15) is 0 Å². The number of carbonyl (C=O) groups is 1. The van der Waals surface area contributed by atoms with E-state index < -0.39 is 14.4 Å². The Kier molecular flexibility index (Phi) is 3.23. The molecule has 0 spiro atoms. The van der Waals surface area contributed by atoms with E-state index in [-0.39, 0.29) is 0 Å². The summed E-state index contributed by atoms with van der Waals surface area (Å²) in [7, 11) is -1.68. The van der Waals surface area contributed by atoms with Crippen LogP contribution in [0.2, 0.25) is 0 Å². The average Bonchev–Trinajstić information content (AvgIpc) is 1.65. The van der Waals surface area contributed by atoms with Gasteiger partial charge in [0.15, 0.2) is 0 Å². The van der Waals surface area contributed by atoms with Gasteiger partial charge < -0.3 is 14.2 Å². The van der Waals surface area contributed by atoms with E-state index in [1.807, 2.05) is 0 Å². The largest absolute Gasteiger partial charge is 0.512 e. The van der Waals surface area contributed by atoms with Crippen molar-refractivity contribution >= 4 is 14.4 Å².